The van der Waals surface area contributed by atoms with Crippen molar-refractivity contribution in [3.05, 3.63) is 0 Å². The highest BCUT2D eigenvalue weighted by atomic mass is 32.2. The molecule has 1 rings (SSSR count). The summed E-state index contributed by atoms with van der Waals surface area (Å²) in [5.41, 5.74) is 0. The van der Waals surface area contributed by atoms with Crippen LogP contribution in [0.4, 0.5) is 13.2 Å². The summed E-state index contributed by atoms with van der Waals surface area (Å²) in [4.78, 5) is 10.3. The molecule has 0 spiro atoms. The Balaban J connectivity index is 2.61. The van der Waals surface area contributed by atoms with Crippen molar-refractivity contribution in [1.82, 2.24) is 4.72 Å². The Hall–Kier alpha value is -0.830. The number of rotatable bonds is 6. The number of aliphatic carboxylic acids is 1. The third-order valence-electron chi connectivity index (χ3n) is 3.32. The largest absolute Gasteiger partial charge is 0.481 e. The highest BCUT2D eigenvalue weighted by molar-refractivity contribution is 7.89. The van der Waals surface area contributed by atoms with Crippen molar-refractivity contribution in [3.8, 4) is 0 Å². The van der Waals surface area contributed by atoms with E-state index in [-0.39, 0.29) is 25.7 Å². The Morgan fingerprint density at radius 2 is 1.85 bits per heavy atom. The Labute approximate surface area is 115 Å². The van der Waals surface area contributed by atoms with Crippen LogP contribution < -0.4 is 4.72 Å². The first kappa shape index (κ1) is 17.2. The standard InChI is InChI=1S/C11H18F3NO4S/c12-11(13,14)8-4-1-2-5-9(8)15-20(18,19)7-3-6-10(16)17/h8-9,15H,1-7H2,(H,16,17). The molecule has 1 aliphatic rings. The zero-order chi connectivity index (χ0) is 15.4. The molecule has 5 nitrogen and oxygen atoms in total. The number of hydrogen-bond acceptors (Lipinski definition) is 3. The first-order valence-electron chi connectivity index (χ1n) is 6.40. The quantitative estimate of drug-likeness (QED) is 0.783. The summed E-state index contributed by atoms with van der Waals surface area (Å²) in [6.07, 6.45) is -3.80. The Morgan fingerprint density at radius 3 is 2.40 bits per heavy atom. The summed E-state index contributed by atoms with van der Waals surface area (Å²) in [7, 11) is -3.88. The van der Waals surface area contributed by atoms with Gasteiger partial charge in [-0.1, -0.05) is 12.8 Å². The van der Waals surface area contributed by atoms with Crippen LogP contribution in [0, 0.1) is 5.92 Å². The van der Waals surface area contributed by atoms with E-state index in [2.05, 4.69) is 4.72 Å². The predicted molar refractivity (Wildman–Crippen MR) is 65.6 cm³/mol. The maximum absolute atomic E-state index is 12.8. The van der Waals surface area contributed by atoms with E-state index in [1.54, 1.807) is 0 Å². The molecule has 0 aliphatic heterocycles. The van der Waals surface area contributed by atoms with Crippen LogP contribution in [-0.2, 0) is 14.8 Å². The van der Waals surface area contributed by atoms with Gasteiger partial charge in [0.25, 0.3) is 0 Å². The fourth-order valence-corrected chi connectivity index (χ4v) is 3.75. The second kappa shape index (κ2) is 6.75. The summed E-state index contributed by atoms with van der Waals surface area (Å²) in [6.45, 7) is 0. The maximum Gasteiger partial charge on any atom is 0.393 e. The van der Waals surface area contributed by atoms with Crippen LogP contribution in [0.3, 0.4) is 0 Å². The van der Waals surface area contributed by atoms with Gasteiger partial charge < -0.3 is 5.11 Å². The molecule has 20 heavy (non-hydrogen) atoms. The molecule has 0 aromatic carbocycles. The van der Waals surface area contributed by atoms with Gasteiger partial charge in [0.2, 0.25) is 10.0 Å². The summed E-state index contributed by atoms with van der Waals surface area (Å²) in [6, 6.07) is -1.14. The van der Waals surface area contributed by atoms with Crippen LogP contribution in [0.25, 0.3) is 0 Å². The highest BCUT2D eigenvalue weighted by Crippen LogP contribution is 2.37. The van der Waals surface area contributed by atoms with Crippen molar-refractivity contribution < 1.29 is 31.5 Å². The van der Waals surface area contributed by atoms with Gasteiger partial charge in [0.15, 0.2) is 0 Å². The number of carboxylic acids is 1. The summed E-state index contributed by atoms with van der Waals surface area (Å²) in [5, 5.41) is 8.42. The van der Waals surface area contributed by atoms with Crippen LogP contribution >= 0.6 is 0 Å². The fourth-order valence-electron chi connectivity index (χ4n) is 2.37. The van der Waals surface area contributed by atoms with E-state index in [0.29, 0.717) is 12.8 Å². The van der Waals surface area contributed by atoms with Crippen LogP contribution in [0.2, 0.25) is 0 Å². The lowest BCUT2D eigenvalue weighted by molar-refractivity contribution is -0.187. The van der Waals surface area contributed by atoms with E-state index in [1.165, 1.54) is 0 Å². The summed E-state index contributed by atoms with van der Waals surface area (Å²) >= 11 is 0. The van der Waals surface area contributed by atoms with Gasteiger partial charge in [-0.15, -0.1) is 0 Å². The molecule has 2 unspecified atom stereocenters. The van der Waals surface area contributed by atoms with Crippen molar-refractivity contribution in [2.45, 2.75) is 50.7 Å². The molecular formula is C11H18F3NO4S. The number of nitrogens with one attached hydrogen (secondary N) is 1. The van der Waals surface area contributed by atoms with Gasteiger partial charge in [-0.25, -0.2) is 13.1 Å². The van der Waals surface area contributed by atoms with E-state index in [4.69, 9.17) is 5.11 Å². The SMILES string of the molecule is O=C(O)CCCS(=O)(=O)NC1CCCCC1C(F)(F)F. The van der Waals surface area contributed by atoms with E-state index in [9.17, 15) is 26.4 Å². The molecule has 1 fully saturated rings. The number of alkyl halides is 3. The molecule has 1 aliphatic carbocycles. The second-order valence-electron chi connectivity index (χ2n) is 4.97. The third-order valence-corrected chi connectivity index (χ3v) is 4.81. The maximum atomic E-state index is 12.8. The first-order chi connectivity index (χ1) is 9.12. The number of hydrogen-bond donors (Lipinski definition) is 2. The van der Waals surface area contributed by atoms with Crippen molar-refractivity contribution in [2.24, 2.45) is 5.92 Å². The van der Waals surface area contributed by atoms with Gasteiger partial charge in [-0.2, -0.15) is 13.2 Å². The zero-order valence-corrected chi connectivity index (χ0v) is 11.6. The average molecular weight is 317 g/mol. The lowest BCUT2D eigenvalue weighted by atomic mass is 9.85. The third kappa shape index (κ3) is 5.66. The normalized spacial score (nSPS) is 24.6. The van der Waals surface area contributed by atoms with Crippen molar-refractivity contribution in [3.63, 3.8) is 0 Å². The average Bonchev–Trinajstić information content (AvgIpc) is 2.26. The minimum atomic E-state index is -4.42. The predicted octanol–water partition coefficient (Wildman–Crippen LogP) is 1.89. The molecule has 0 bridgehead atoms. The van der Waals surface area contributed by atoms with Gasteiger partial charge in [-0.05, 0) is 19.3 Å². The van der Waals surface area contributed by atoms with Gasteiger partial charge in [0.1, 0.15) is 0 Å². The molecule has 0 aromatic rings. The minimum absolute atomic E-state index is 0.0776. The summed E-state index contributed by atoms with van der Waals surface area (Å²) in [5.74, 6) is -3.27. The van der Waals surface area contributed by atoms with Gasteiger partial charge in [-0.3, -0.25) is 4.79 Å². The number of sulfonamides is 1. The van der Waals surface area contributed by atoms with Crippen molar-refractivity contribution >= 4 is 16.0 Å². The van der Waals surface area contributed by atoms with E-state index < -0.39 is 39.9 Å². The monoisotopic (exact) mass is 317 g/mol. The second-order valence-corrected chi connectivity index (χ2v) is 6.85. The van der Waals surface area contributed by atoms with Crippen molar-refractivity contribution in [2.75, 3.05) is 5.75 Å². The lowest BCUT2D eigenvalue weighted by Gasteiger charge is -2.33. The highest BCUT2D eigenvalue weighted by Gasteiger charge is 2.46. The first-order valence-corrected chi connectivity index (χ1v) is 8.05. The van der Waals surface area contributed by atoms with Crippen molar-refractivity contribution in [1.29, 1.82) is 0 Å². The van der Waals surface area contributed by atoms with Crippen LogP contribution in [0.15, 0.2) is 0 Å². The molecule has 0 aromatic heterocycles. The molecule has 1 saturated carbocycles. The molecule has 2 N–H and O–H groups in total. The van der Waals surface area contributed by atoms with Crippen LogP contribution in [0.5, 0.6) is 0 Å². The zero-order valence-electron chi connectivity index (χ0n) is 10.8. The molecular weight excluding hydrogens is 299 g/mol. The van der Waals surface area contributed by atoms with E-state index in [1.807, 2.05) is 0 Å². The molecule has 0 saturated heterocycles. The molecule has 0 heterocycles. The number of carbonyl (C=O) groups is 1. The molecule has 2 atom stereocenters. The molecule has 9 heteroatoms. The van der Waals surface area contributed by atoms with Gasteiger partial charge in [0.05, 0.1) is 11.7 Å². The Kier molecular flexibility index (Phi) is 5.81. The molecule has 0 radical (unpaired) electrons. The smallest absolute Gasteiger partial charge is 0.393 e. The number of carboxylic acid groups (broad SMARTS) is 1. The molecule has 0 amide bonds. The fraction of sp³-hybridized carbons (Fsp3) is 0.909. The van der Waals surface area contributed by atoms with E-state index in [0.717, 1.165) is 0 Å². The van der Waals surface area contributed by atoms with Gasteiger partial charge >= 0.3 is 12.1 Å². The van der Waals surface area contributed by atoms with Crippen LogP contribution in [0.1, 0.15) is 38.5 Å². The topological polar surface area (TPSA) is 83.5 Å². The number of halogens is 3. The Morgan fingerprint density at radius 1 is 1.25 bits per heavy atom. The van der Waals surface area contributed by atoms with Gasteiger partial charge in [0, 0.05) is 12.5 Å². The minimum Gasteiger partial charge on any atom is -0.481 e. The molecule has 118 valence electrons. The van der Waals surface area contributed by atoms with E-state index >= 15 is 0 Å². The Bertz CT molecular complexity index is 435. The lowest BCUT2D eigenvalue weighted by Crippen LogP contribution is -2.48. The van der Waals surface area contributed by atoms with Crippen LogP contribution in [-0.4, -0.2) is 37.5 Å². The summed E-state index contributed by atoms with van der Waals surface area (Å²) < 4.78 is 63.9.